The Balaban J connectivity index is 1.52. The van der Waals surface area contributed by atoms with E-state index in [1.807, 2.05) is 36.4 Å². The number of para-hydroxylation sites is 1. The zero-order valence-corrected chi connectivity index (χ0v) is 17.1. The molecule has 0 aliphatic rings. The highest BCUT2D eigenvalue weighted by molar-refractivity contribution is 7.99. The van der Waals surface area contributed by atoms with Crippen molar-refractivity contribution in [1.82, 2.24) is 4.98 Å². The molecular formula is C23H14ClN3O2S. The highest BCUT2D eigenvalue weighted by Crippen LogP contribution is 2.33. The Kier molecular flexibility index (Phi) is 5.84. The maximum Gasteiger partial charge on any atom is 0.266 e. The molecule has 0 unspecified atom stereocenters. The van der Waals surface area contributed by atoms with Crippen LogP contribution < -0.4 is 5.32 Å². The largest absolute Gasteiger partial charge is 0.450 e. The molecule has 0 radical (unpaired) electrons. The van der Waals surface area contributed by atoms with Gasteiger partial charge in [0, 0.05) is 33.3 Å². The molecule has 0 bridgehead atoms. The molecule has 30 heavy (non-hydrogen) atoms. The van der Waals surface area contributed by atoms with E-state index in [-0.39, 0.29) is 5.57 Å². The van der Waals surface area contributed by atoms with Crippen molar-refractivity contribution >= 4 is 51.9 Å². The number of anilines is 1. The summed E-state index contributed by atoms with van der Waals surface area (Å²) in [5.74, 6) is -0.114. The van der Waals surface area contributed by atoms with Gasteiger partial charge in [-0.2, -0.15) is 5.26 Å². The van der Waals surface area contributed by atoms with Gasteiger partial charge in [-0.1, -0.05) is 29.8 Å². The van der Waals surface area contributed by atoms with E-state index in [0.29, 0.717) is 21.6 Å². The highest BCUT2D eigenvalue weighted by Gasteiger charge is 2.12. The second-order valence-corrected chi connectivity index (χ2v) is 7.70. The zero-order chi connectivity index (χ0) is 20.9. The number of halogens is 1. The molecule has 5 nitrogen and oxygen atoms in total. The number of hydrogen-bond donors (Lipinski definition) is 1. The summed E-state index contributed by atoms with van der Waals surface area (Å²) in [6.45, 7) is 0. The third-order valence-electron chi connectivity index (χ3n) is 4.16. The first-order valence-corrected chi connectivity index (χ1v) is 10.1. The van der Waals surface area contributed by atoms with Crippen molar-refractivity contribution in [1.29, 1.82) is 5.26 Å². The third kappa shape index (κ3) is 4.54. The number of carbonyl (C=O) groups is 1. The van der Waals surface area contributed by atoms with Crippen LogP contribution in [-0.2, 0) is 4.79 Å². The number of fused-ring (bicyclic) bond motifs is 1. The molecule has 0 aliphatic heterocycles. The molecule has 7 heteroatoms. The van der Waals surface area contributed by atoms with Crippen LogP contribution in [0.1, 0.15) is 5.76 Å². The van der Waals surface area contributed by atoms with Crippen LogP contribution in [0.3, 0.4) is 0 Å². The van der Waals surface area contributed by atoms with Gasteiger partial charge in [0.2, 0.25) is 0 Å². The molecule has 146 valence electrons. The molecular weight excluding hydrogens is 418 g/mol. The Labute approximate surface area is 182 Å². The van der Waals surface area contributed by atoms with E-state index in [9.17, 15) is 10.1 Å². The fourth-order valence-electron chi connectivity index (χ4n) is 2.76. The molecule has 2 aromatic heterocycles. The van der Waals surface area contributed by atoms with Gasteiger partial charge < -0.3 is 9.73 Å². The lowest BCUT2D eigenvalue weighted by Crippen LogP contribution is -2.13. The van der Waals surface area contributed by atoms with Crippen LogP contribution in [0.25, 0.3) is 17.0 Å². The Bertz CT molecular complexity index is 1280. The van der Waals surface area contributed by atoms with Crippen molar-refractivity contribution in [3.63, 3.8) is 0 Å². The van der Waals surface area contributed by atoms with E-state index in [0.717, 1.165) is 15.8 Å². The van der Waals surface area contributed by atoms with E-state index in [2.05, 4.69) is 10.3 Å². The molecule has 2 aromatic carbocycles. The summed E-state index contributed by atoms with van der Waals surface area (Å²) in [5.41, 5.74) is 1.37. The van der Waals surface area contributed by atoms with E-state index in [1.165, 1.54) is 17.8 Å². The lowest BCUT2D eigenvalue weighted by molar-refractivity contribution is -0.112. The summed E-state index contributed by atoms with van der Waals surface area (Å²) in [4.78, 5) is 17.8. The first-order chi connectivity index (χ1) is 14.6. The lowest BCUT2D eigenvalue weighted by atomic mass is 10.2. The SMILES string of the molecule is N#C/C(=C\c1ccc(Sc2cccc3cccnc23)o1)C(=O)Nc1ccc(Cl)cc1. The van der Waals surface area contributed by atoms with Crippen LogP contribution in [0.5, 0.6) is 0 Å². The normalized spacial score (nSPS) is 11.3. The molecule has 4 rings (SSSR count). The predicted molar refractivity (Wildman–Crippen MR) is 118 cm³/mol. The zero-order valence-electron chi connectivity index (χ0n) is 15.5. The fourth-order valence-corrected chi connectivity index (χ4v) is 3.79. The summed E-state index contributed by atoms with van der Waals surface area (Å²) < 4.78 is 5.80. The van der Waals surface area contributed by atoms with Crippen molar-refractivity contribution in [2.75, 3.05) is 5.32 Å². The fraction of sp³-hybridized carbons (Fsp3) is 0. The van der Waals surface area contributed by atoms with Crippen LogP contribution >= 0.6 is 23.4 Å². The topological polar surface area (TPSA) is 78.9 Å². The van der Waals surface area contributed by atoms with Crippen molar-refractivity contribution in [2.24, 2.45) is 0 Å². The molecule has 2 heterocycles. The molecule has 0 atom stereocenters. The quantitative estimate of drug-likeness (QED) is 0.301. The van der Waals surface area contributed by atoms with Gasteiger partial charge in [-0.15, -0.1) is 0 Å². The molecule has 1 N–H and O–H groups in total. The van der Waals surface area contributed by atoms with Crippen molar-refractivity contribution in [2.45, 2.75) is 9.99 Å². The number of amides is 1. The minimum Gasteiger partial charge on any atom is -0.450 e. The van der Waals surface area contributed by atoms with Gasteiger partial charge >= 0.3 is 0 Å². The number of hydrogen-bond acceptors (Lipinski definition) is 5. The van der Waals surface area contributed by atoms with Gasteiger partial charge in [-0.3, -0.25) is 9.78 Å². The summed E-state index contributed by atoms with van der Waals surface area (Å²) in [6, 6.07) is 21.9. The summed E-state index contributed by atoms with van der Waals surface area (Å²) in [5, 5.41) is 14.3. The minimum atomic E-state index is -0.524. The molecule has 4 aromatic rings. The number of furan rings is 1. The van der Waals surface area contributed by atoms with Gasteiger partial charge in [0.1, 0.15) is 17.4 Å². The molecule has 0 saturated heterocycles. The molecule has 1 amide bonds. The van der Waals surface area contributed by atoms with Crippen molar-refractivity contribution in [3.05, 3.63) is 89.3 Å². The highest BCUT2D eigenvalue weighted by atomic mass is 35.5. The van der Waals surface area contributed by atoms with E-state index < -0.39 is 5.91 Å². The van der Waals surface area contributed by atoms with Crippen LogP contribution in [0.2, 0.25) is 5.02 Å². The Hall–Kier alpha value is -3.53. The predicted octanol–water partition coefficient (Wildman–Crippen LogP) is 6.18. The Morgan fingerprint density at radius 3 is 2.70 bits per heavy atom. The van der Waals surface area contributed by atoms with Crippen molar-refractivity contribution in [3.8, 4) is 6.07 Å². The monoisotopic (exact) mass is 431 g/mol. The summed E-state index contributed by atoms with van der Waals surface area (Å²) in [7, 11) is 0. The molecule has 0 aliphatic carbocycles. The van der Waals surface area contributed by atoms with E-state index >= 15 is 0 Å². The lowest BCUT2D eigenvalue weighted by Gasteiger charge is -2.04. The van der Waals surface area contributed by atoms with Gasteiger partial charge in [0.15, 0.2) is 5.09 Å². The van der Waals surface area contributed by atoms with E-state index in [1.54, 1.807) is 42.6 Å². The second-order valence-electron chi connectivity index (χ2n) is 6.22. The summed E-state index contributed by atoms with van der Waals surface area (Å²) in [6.07, 6.45) is 3.16. The smallest absolute Gasteiger partial charge is 0.266 e. The summed E-state index contributed by atoms with van der Waals surface area (Å²) >= 11 is 7.27. The third-order valence-corrected chi connectivity index (χ3v) is 5.38. The van der Waals surface area contributed by atoms with Crippen LogP contribution in [0.4, 0.5) is 5.69 Å². The molecule has 0 saturated carbocycles. The molecule has 0 spiro atoms. The number of aromatic nitrogens is 1. The van der Waals surface area contributed by atoms with Gasteiger partial charge in [-0.05, 0) is 60.3 Å². The minimum absolute atomic E-state index is 0.0670. The Morgan fingerprint density at radius 1 is 1.10 bits per heavy atom. The number of nitrogens with one attached hydrogen (secondary N) is 1. The molecule has 0 fully saturated rings. The van der Waals surface area contributed by atoms with Crippen molar-refractivity contribution < 1.29 is 9.21 Å². The number of benzene rings is 2. The average Bonchev–Trinajstić information content (AvgIpc) is 3.21. The number of nitrogens with zero attached hydrogens (tertiary/aromatic N) is 2. The standard InChI is InChI=1S/C23H14ClN3O2S/c24-17-6-8-18(9-7-17)27-23(28)16(14-25)13-19-10-11-21(29-19)30-20-5-1-3-15-4-2-12-26-22(15)20/h1-13H,(H,27,28)/b16-13+. The number of rotatable bonds is 5. The van der Waals surface area contributed by atoms with Gasteiger partial charge in [0.25, 0.3) is 5.91 Å². The van der Waals surface area contributed by atoms with Gasteiger partial charge in [-0.25, -0.2) is 0 Å². The number of pyridine rings is 1. The number of nitriles is 1. The van der Waals surface area contributed by atoms with Crippen LogP contribution in [0, 0.1) is 11.3 Å². The maximum absolute atomic E-state index is 12.4. The van der Waals surface area contributed by atoms with Gasteiger partial charge in [0.05, 0.1) is 5.52 Å². The average molecular weight is 432 g/mol. The first kappa shape index (κ1) is 19.8. The number of carbonyl (C=O) groups excluding carboxylic acids is 1. The maximum atomic E-state index is 12.4. The second kappa shape index (κ2) is 8.87. The Morgan fingerprint density at radius 2 is 1.90 bits per heavy atom. The van der Waals surface area contributed by atoms with E-state index in [4.69, 9.17) is 16.0 Å². The first-order valence-electron chi connectivity index (χ1n) is 8.92. The van der Waals surface area contributed by atoms with Crippen LogP contribution in [0.15, 0.2) is 92.9 Å². The van der Waals surface area contributed by atoms with Crippen LogP contribution in [-0.4, -0.2) is 10.9 Å².